The summed E-state index contributed by atoms with van der Waals surface area (Å²) in [6.45, 7) is 8.30. The van der Waals surface area contributed by atoms with Gasteiger partial charge in [0, 0.05) is 6.04 Å². The van der Waals surface area contributed by atoms with E-state index < -0.39 is 12.0 Å². The number of hydrogen-bond acceptors (Lipinski definition) is 2. The summed E-state index contributed by atoms with van der Waals surface area (Å²) in [4.78, 5) is 10.9. The third-order valence-electron chi connectivity index (χ3n) is 3.53. The summed E-state index contributed by atoms with van der Waals surface area (Å²) in [5.74, 6) is -0.217. The van der Waals surface area contributed by atoms with Gasteiger partial charge in [-0.2, -0.15) is 0 Å². The summed E-state index contributed by atoms with van der Waals surface area (Å²) < 4.78 is 0. The largest absolute Gasteiger partial charge is 0.480 e. The highest BCUT2D eigenvalue weighted by atomic mass is 16.4. The van der Waals surface area contributed by atoms with E-state index in [1.807, 2.05) is 0 Å². The van der Waals surface area contributed by atoms with Gasteiger partial charge in [0.1, 0.15) is 6.04 Å². The molecule has 0 aliphatic carbocycles. The second-order valence-electron chi connectivity index (χ2n) is 5.07. The van der Waals surface area contributed by atoms with Crippen molar-refractivity contribution < 1.29 is 9.90 Å². The van der Waals surface area contributed by atoms with Crippen LogP contribution in [0.25, 0.3) is 0 Å². The average Bonchev–Trinajstić information content (AvgIpc) is 2.31. The van der Waals surface area contributed by atoms with Crippen LogP contribution in [0.1, 0.15) is 66.2 Å². The van der Waals surface area contributed by atoms with E-state index in [9.17, 15) is 4.79 Å². The summed E-state index contributed by atoms with van der Waals surface area (Å²) >= 11 is 0. The Hall–Kier alpha value is -0.570. The summed E-state index contributed by atoms with van der Waals surface area (Å²) in [6, 6.07) is -0.108. The van der Waals surface area contributed by atoms with Crippen LogP contribution in [0.3, 0.4) is 0 Å². The maximum absolute atomic E-state index is 10.9. The molecule has 0 spiro atoms. The van der Waals surface area contributed by atoms with Crippen molar-refractivity contribution in [2.45, 2.75) is 78.3 Å². The summed E-state index contributed by atoms with van der Waals surface area (Å²) in [7, 11) is 0. The molecule has 3 nitrogen and oxygen atoms in total. The maximum Gasteiger partial charge on any atom is 0.320 e. The fourth-order valence-electron chi connectivity index (χ4n) is 2.00. The van der Waals surface area contributed by atoms with Crippen LogP contribution in [0.5, 0.6) is 0 Å². The number of nitrogens with one attached hydrogen (secondary N) is 1. The fraction of sp³-hybridized carbons (Fsp3) is 0.929. The van der Waals surface area contributed by atoms with Gasteiger partial charge in [0.05, 0.1) is 0 Å². The zero-order valence-corrected chi connectivity index (χ0v) is 11.8. The smallest absolute Gasteiger partial charge is 0.320 e. The molecule has 0 heterocycles. The Kier molecular flexibility index (Phi) is 9.14. The first-order valence-corrected chi connectivity index (χ1v) is 7.01. The molecule has 0 saturated heterocycles. The highest BCUT2D eigenvalue weighted by molar-refractivity contribution is 5.72. The van der Waals surface area contributed by atoms with E-state index in [4.69, 9.17) is 5.11 Å². The Morgan fingerprint density at radius 2 is 1.82 bits per heavy atom. The van der Waals surface area contributed by atoms with Crippen LogP contribution in [0.4, 0.5) is 0 Å². The highest BCUT2D eigenvalue weighted by Crippen LogP contribution is 2.16. The monoisotopic (exact) mass is 243 g/mol. The van der Waals surface area contributed by atoms with E-state index in [0.717, 1.165) is 12.8 Å². The molecule has 3 atom stereocenters. The normalized spacial score (nSPS) is 16.5. The number of carboxylic acid groups (broad SMARTS) is 1. The Morgan fingerprint density at radius 3 is 2.29 bits per heavy atom. The van der Waals surface area contributed by atoms with Crippen LogP contribution in [0, 0.1) is 5.92 Å². The summed E-state index contributed by atoms with van der Waals surface area (Å²) in [5, 5.41) is 12.2. The molecule has 2 N–H and O–H groups in total. The first-order chi connectivity index (χ1) is 8.02. The molecule has 0 fully saturated rings. The van der Waals surface area contributed by atoms with E-state index >= 15 is 0 Å². The Morgan fingerprint density at radius 1 is 1.18 bits per heavy atom. The van der Waals surface area contributed by atoms with Crippen molar-refractivity contribution in [2.24, 2.45) is 5.92 Å². The van der Waals surface area contributed by atoms with Crippen LogP contribution in [-0.2, 0) is 4.79 Å². The lowest BCUT2D eigenvalue weighted by Crippen LogP contribution is -2.44. The molecule has 0 saturated carbocycles. The van der Waals surface area contributed by atoms with Crippen LogP contribution in [-0.4, -0.2) is 23.2 Å². The van der Waals surface area contributed by atoms with Gasteiger partial charge in [-0.05, 0) is 19.3 Å². The molecular weight excluding hydrogens is 214 g/mol. The van der Waals surface area contributed by atoms with Gasteiger partial charge in [0.2, 0.25) is 0 Å². The number of carbonyl (C=O) groups is 1. The van der Waals surface area contributed by atoms with Crippen molar-refractivity contribution in [1.29, 1.82) is 0 Å². The maximum atomic E-state index is 10.9. The molecule has 0 aromatic heterocycles. The van der Waals surface area contributed by atoms with Gasteiger partial charge in [-0.3, -0.25) is 4.79 Å². The first-order valence-electron chi connectivity index (χ1n) is 7.01. The zero-order valence-electron chi connectivity index (χ0n) is 11.8. The van der Waals surface area contributed by atoms with E-state index in [1.165, 1.54) is 25.7 Å². The average molecular weight is 243 g/mol. The van der Waals surface area contributed by atoms with Crippen molar-refractivity contribution in [2.75, 3.05) is 0 Å². The highest BCUT2D eigenvalue weighted by Gasteiger charge is 2.20. The number of aliphatic carboxylic acids is 1. The Balaban J connectivity index is 4.09. The standard InChI is InChI=1S/C14H29NO2/c1-5-7-8-9-10-13(11(3)6-2)15-12(4)14(16)17/h11-13,15H,5-10H2,1-4H3,(H,16,17). The number of carboxylic acids is 1. The Labute approximate surface area is 106 Å². The van der Waals surface area contributed by atoms with E-state index in [-0.39, 0.29) is 0 Å². The molecule has 102 valence electrons. The molecule has 3 heteroatoms. The number of unbranched alkanes of at least 4 members (excludes halogenated alkanes) is 3. The third kappa shape index (κ3) is 7.37. The zero-order chi connectivity index (χ0) is 13.3. The lowest BCUT2D eigenvalue weighted by Gasteiger charge is -2.26. The van der Waals surface area contributed by atoms with Crippen molar-refractivity contribution in [3.05, 3.63) is 0 Å². The van der Waals surface area contributed by atoms with Gasteiger partial charge in [-0.25, -0.2) is 0 Å². The molecule has 0 radical (unpaired) electrons. The first kappa shape index (κ1) is 16.4. The van der Waals surface area contributed by atoms with Crippen LogP contribution >= 0.6 is 0 Å². The minimum Gasteiger partial charge on any atom is -0.480 e. The van der Waals surface area contributed by atoms with E-state index in [1.54, 1.807) is 6.92 Å². The summed E-state index contributed by atoms with van der Waals surface area (Å²) in [6.07, 6.45) is 7.16. The van der Waals surface area contributed by atoms with Gasteiger partial charge in [0.15, 0.2) is 0 Å². The quantitative estimate of drug-likeness (QED) is 0.578. The van der Waals surface area contributed by atoms with E-state index in [0.29, 0.717) is 12.0 Å². The van der Waals surface area contributed by atoms with Crippen LogP contribution in [0.2, 0.25) is 0 Å². The molecule has 0 amide bonds. The lowest BCUT2D eigenvalue weighted by molar-refractivity contribution is -0.139. The third-order valence-corrected chi connectivity index (χ3v) is 3.53. The van der Waals surface area contributed by atoms with Crippen molar-refractivity contribution in [3.8, 4) is 0 Å². The van der Waals surface area contributed by atoms with Crippen molar-refractivity contribution in [3.63, 3.8) is 0 Å². The second-order valence-corrected chi connectivity index (χ2v) is 5.07. The molecule has 0 aromatic carbocycles. The summed E-state index contributed by atoms with van der Waals surface area (Å²) in [5.41, 5.74) is 0. The van der Waals surface area contributed by atoms with Crippen LogP contribution in [0.15, 0.2) is 0 Å². The molecular formula is C14H29NO2. The minimum atomic E-state index is -0.758. The fourth-order valence-corrected chi connectivity index (χ4v) is 2.00. The van der Waals surface area contributed by atoms with Gasteiger partial charge < -0.3 is 10.4 Å². The topological polar surface area (TPSA) is 49.3 Å². The minimum absolute atomic E-state index is 0.336. The predicted octanol–water partition coefficient (Wildman–Crippen LogP) is 3.43. The molecule has 3 unspecified atom stereocenters. The van der Waals surface area contributed by atoms with Gasteiger partial charge in [-0.15, -0.1) is 0 Å². The molecule has 17 heavy (non-hydrogen) atoms. The Bertz CT molecular complexity index is 206. The molecule has 0 bridgehead atoms. The molecule has 0 rings (SSSR count). The number of rotatable bonds is 10. The van der Waals surface area contributed by atoms with Crippen molar-refractivity contribution >= 4 is 5.97 Å². The van der Waals surface area contributed by atoms with Gasteiger partial charge in [-0.1, -0.05) is 52.9 Å². The predicted molar refractivity (Wildman–Crippen MR) is 72.2 cm³/mol. The number of hydrogen-bond donors (Lipinski definition) is 2. The van der Waals surface area contributed by atoms with Crippen molar-refractivity contribution in [1.82, 2.24) is 5.32 Å². The van der Waals surface area contributed by atoms with E-state index in [2.05, 4.69) is 26.1 Å². The SMILES string of the molecule is CCCCCCC(NC(C)C(=O)O)C(C)CC. The lowest BCUT2D eigenvalue weighted by atomic mass is 9.93. The molecule has 0 aromatic rings. The molecule has 0 aliphatic heterocycles. The second kappa shape index (κ2) is 9.46. The molecule has 0 aliphatic rings. The van der Waals surface area contributed by atoms with Crippen LogP contribution < -0.4 is 5.32 Å². The van der Waals surface area contributed by atoms with Gasteiger partial charge >= 0.3 is 5.97 Å². The van der Waals surface area contributed by atoms with Gasteiger partial charge in [0.25, 0.3) is 0 Å².